The summed E-state index contributed by atoms with van der Waals surface area (Å²) in [7, 11) is 0. The second-order valence-electron chi connectivity index (χ2n) is 4.11. The monoisotopic (exact) mass is 226 g/mol. The molecule has 2 rings (SSSR count). The molecule has 1 saturated carbocycles. The fourth-order valence-electron chi connectivity index (χ4n) is 1.57. The van der Waals surface area contributed by atoms with Crippen molar-refractivity contribution in [3.8, 4) is 0 Å². The van der Waals surface area contributed by atoms with Crippen LogP contribution in [0.25, 0.3) is 0 Å². The summed E-state index contributed by atoms with van der Waals surface area (Å²) in [6, 6.07) is 4.61. The summed E-state index contributed by atoms with van der Waals surface area (Å²) in [5, 5.41) is 6.35. The van der Waals surface area contributed by atoms with Gasteiger partial charge < -0.3 is 10.6 Å². The van der Waals surface area contributed by atoms with Gasteiger partial charge in [0.05, 0.1) is 0 Å². The van der Waals surface area contributed by atoms with Gasteiger partial charge in [-0.25, -0.2) is 8.78 Å². The second kappa shape index (κ2) is 5.37. The van der Waals surface area contributed by atoms with Crippen molar-refractivity contribution in [1.29, 1.82) is 0 Å². The van der Waals surface area contributed by atoms with E-state index in [2.05, 4.69) is 10.6 Å². The Bertz CT molecular complexity index is 331. The first-order valence-electron chi connectivity index (χ1n) is 5.64. The molecular formula is C12H16F2N2. The normalized spacial score (nSPS) is 15.4. The van der Waals surface area contributed by atoms with Gasteiger partial charge in [-0.15, -0.1) is 0 Å². The molecule has 0 atom stereocenters. The summed E-state index contributed by atoms with van der Waals surface area (Å²) >= 11 is 0. The van der Waals surface area contributed by atoms with Crippen molar-refractivity contribution in [2.45, 2.75) is 25.4 Å². The molecule has 16 heavy (non-hydrogen) atoms. The van der Waals surface area contributed by atoms with Crippen LogP contribution < -0.4 is 10.6 Å². The molecule has 0 heterocycles. The van der Waals surface area contributed by atoms with Gasteiger partial charge in [0, 0.05) is 31.2 Å². The van der Waals surface area contributed by atoms with Crippen LogP contribution in [-0.4, -0.2) is 19.1 Å². The predicted octanol–water partition coefficient (Wildman–Crippen LogP) is 1.81. The van der Waals surface area contributed by atoms with E-state index in [0.717, 1.165) is 13.1 Å². The SMILES string of the molecule is Fc1cccc(F)c1CNCCNC1CC1. The number of nitrogens with one attached hydrogen (secondary N) is 2. The van der Waals surface area contributed by atoms with E-state index >= 15 is 0 Å². The first-order valence-corrected chi connectivity index (χ1v) is 5.64. The highest BCUT2D eigenvalue weighted by molar-refractivity contribution is 5.19. The molecule has 0 saturated heterocycles. The van der Waals surface area contributed by atoms with E-state index in [1.165, 1.54) is 31.0 Å². The first kappa shape index (κ1) is 11.5. The van der Waals surface area contributed by atoms with Gasteiger partial charge >= 0.3 is 0 Å². The minimum atomic E-state index is -0.484. The van der Waals surface area contributed by atoms with E-state index in [9.17, 15) is 8.78 Å². The summed E-state index contributed by atoms with van der Waals surface area (Å²) in [6.07, 6.45) is 2.50. The molecule has 0 aromatic heterocycles. The number of rotatable bonds is 6. The molecule has 0 unspecified atom stereocenters. The topological polar surface area (TPSA) is 24.1 Å². The zero-order valence-corrected chi connectivity index (χ0v) is 9.10. The van der Waals surface area contributed by atoms with Gasteiger partial charge in [0.15, 0.2) is 0 Å². The highest BCUT2D eigenvalue weighted by Gasteiger charge is 2.19. The fraction of sp³-hybridized carbons (Fsp3) is 0.500. The molecule has 0 radical (unpaired) electrons. The molecule has 0 bridgehead atoms. The molecule has 88 valence electrons. The van der Waals surface area contributed by atoms with Crippen molar-refractivity contribution < 1.29 is 8.78 Å². The van der Waals surface area contributed by atoms with Gasteiger partial charge in [-0.1, -0.05) is 6.07 Å². The van der Waals surface area contributed by atoms with Crippen LogP contribution in [0.4, 0.5) is 8.78 Å². The molecule has 2 N–H and O–H groups in total. The lowest BCUT2D eigenvalue weighted by atomic mass is 10.2. The largest absolute Gasteiger partial charge is 0.313 e. The maximum absolute atomic E-state index is 13.2. The Kier molecular flexibility index (Phi) is 3.85. The molecule has 1 aliphatic rings. The smallest absolute Gasteiger partial charge is 0.130 e. The molecule has 2 nitrogen and oxygen atoms in total. The Hall–Kier alpha value is -1.00. The van der Waals surface area contributed by atoms with Gasteiger partial charge in [-0.05, 0) is 25.0 Å². The Morgan fingerprint density at radius 2 is 1.81 bits per heavy atom. The highest BCUT2D eigenvalue weighted by Crippen LogP contribution is 2.17. The number of hydrogen-bond acceptors (Lipinski definition) is 2. The van der Waals surface area contributed by atoms with Crippen LogP contribution in [0, 0.1) is 11.6 Å². The van der Waals surface area contributed by atoms with Crippen LogP contribution in [-0.2, 0) is 6.54 Å². The molecule has 1 aliphatic carbocycles. The number of hydrogen-bond donors (Lipinski definition) is 2. The van der Waals surface area contributed by atoms with E-state index in [1.54, 1.807) is 0 Å². The average molecular weight is 226 g/mol. The minimum Gasteiger partial charge on any atom is -0.313 e. The van der Waals surface area contributed by atoms with Crippen molar-refractivity contribution in [3.63, 3.8) is 0 Å². The summed E-state index contributed by atoms with van der Waals surface area (Å²) in [6.45, 7) is 1.82. The molecule has 0 amide bonds. The number of benzene rings is 1. The quantitative estimate of drug-likeness (QED) is 0.723. The summed E-state index contributed by atoms with van der Waals surface area (Å²) in [4.78, 5) is 0. The van der Waals surface area contributed by atoms with Crippen molar-refractivity contribution in [2.24, 2.45) is 0 Å². The fourth-order valence-corrected chi connectivity index (χ4v) is 1.57. The summed E-state index contributed by atoms with van der Waals surface area (Å²) < 4.78 is 26.4. The van der Waals surface area contributed by atoms with Crippen molar-refractivity contribution >= 4 is 0 Å². The van der Waals surface area contributed by atoms with Gasteiger partial charge in [0.25, 0.3) is 0 Å². The van der Waals surface area contributed by atoms with Crippen LogP contribution in [0.5, 0.6) is 0 Å². The predicted molar refractivity (Wildman–Crippen MR) is 59.1 cm³/mol. The van der Waals surface area contributed by atoms with Crippen LogP contribution in [0.15, 0.2) is 18.2 Å². The van der Waals surface area contributed by atoms with Gasteiger partial charge in [-0.2, -0.15) is 0 Å². The minimum absolute atomic E-state index is 0.119. The van der Waals surface area contributed by atoms with Gasteiger partial charge in [0.1, 0.15) is 11.6 Å². The highest BCUT2D eigenvalue weighted by atomic mass is 19.1. The third-order valence-corrected chi connectivity index (χ3v) is 2.68. The van der Waals surface area contributed by atoms with Crippen molar-refractivity contribution in [3.05, 3.63) is 35.4 Å². The average Bonchev–Trinajstić information content (AvgIpc) is 3.05. The summed E-state index contributed by atoms with van der Waals surface area (Å²) in [5.41, 5.74) is 0.119. The third-order valence-electron chi connectivity index (χ3n) is 2.68. The van der Waals surface area contributed by atoms with Crippen LogP contribution >= 0.6 is 0 Å². The third kappa shape index (κ3) is 3.25. The Labute approximate surface area is 94.0 Å². The molecule has 0 spiro atoms. The second-order valence-corrected chi connectivity index (χ2v) is 4.11. The molecule has 1 aromatic rings. The van der Waals surface area contributed by atoms with E-state index in [4.69, 9.17) is 0 Å². The Morgan fingerprint density at radius 1 is 1.12 bits per heavy atom. The van der Waals surface area contributed by atoms with Crippen molar-refractivity contribution in [1.82, 2.24) is 10.6 Å². The maximum Gasteiger partial charge on any atom is 0.130 e. The summed E-state index contributed by atoms with van der Waals surface area (Å²) in [5.74, 6) is -0.967. The lowest BCUT2D eigenvalue weighted by Crippen LogP contribution is -2.28. The van der Waals surface area contributed by atoms with Crippen molar-refractivity contribution in [2.75, 3.05) is 13.1 Å². The lowest BCUT2D eigenvalue weighted by molar-refractivity contribution is 0.529. The van der Waals surface area contributed by atoms with E-state index in [0.29, 0.717) is 6.04 Å². The maximum atomic E-state index is 13.2. The standard InChI is InChI=1S/C12H16F2N2/c13-11-2-1-3-12(14)10(11)8-15-6-7-16-9-4-5-9/h1-3,9,15-16H,4-8H2. The van der Waals surface area contributed by atoms with E-state index in [-0.39, 0.29) is 12.1 Å². The molecule has 1 aromatic carbocycles. The molecule has 1 fully saturated rings. The van der Waals surface area contributed by atoms with E-state index < -0.39 is 11.6 Å². The van der Waals surface area contributed by atoms with Gasteiger partial charge in [0.2, 0.25) is 0 Å². The van der Waals surface area contributed by atoms with Gasteiger partial charge in [-0.3, -0.25) is 0 Å². The van der Waals surface area contributed by atoms with Crippen LogP contribution in [0.1, 0.15) is 18.4 Å². The Morgan fingerprint density at radius 3 is 2.44 bits per heavy atom. The van der Waals surface area contributed by atoms with Crippen LogP contribution in [0.3, 0.4) is 0 Å². The lowest BCUT2D eigenvalue weighted by Gasteiger charge is -2.07. The Balaban J connectivity index is 1.71. The zero-order valence-electron chi connectivity index (χ0n) is 9.10. The first-order chi connectivity index (χ1) is 7.77. The number of halogens is 2. The van der Waals surface area contributed by atoms with E-state index in [1.807, 2.05) is 0 Å². The van der Waals surface area contributed by atoms with Crippen LogP contribution in [0.2, 0.25) is 0 Å². The zero-order chi connectivity index (χ0) is 11.4. The molecule has 0 aliphatic heterocycles. The molecule has 4 heteroatoms. The molecular weight excluding hydrogens is 210 g/mol.